The second-order valence-electron chi connectivity index (χ2n) is 11.7. The molecule has 1 aliphatic rings. The standard InChI is InChI=1S/C35H38ClN3O4S/c1-5-22-10-9-11-23(6-2)31(22)39-30(18-21(3)4)26(33(40)38-17-8-7-12-29(38)35(42)43)19-27(34(39)41)32-37-28(20-44-32)24-13-15-25(36)16-14-24/h9-11,13-16,19-21,29H,5-8,12,17-18H2,1-4H3,(H,42,43). The first-order chi connectivity index (χ1) is 21.1. The molecular formula is C35H38ClN3O4S. The highest BCUT2D eigenvalue weighted by Crippen LogP contribution is 2.33. The molecular weight excluding hydrogens is 594 g/mol. The number of carboxylic acid groups (broad SMARTS) is 1. The Kier molecular flexibility index (Phi) is 9.71. The van der Waals surface area contributed by atoms with E-state index in [1.54, 1.807) is 22.8 Å². The van der Waals surface area contributed by atoms with Crippen LogP contribution in [0.5, 0.6) is 0 Å². The molecule has 0 spiro atoms. The lowest BCUT2D eigenvalue weighted by molar-refractivity contribution is -0.143. The number of amides is 1. The molecule has 1 N–H and O–H groups in total. The van der Waals surface area contributed by atoms with Gasteiger partial charge in [-0.3, -0.25) is 14.2 Å². The Labute approximate surface area is 267 Å². The largest absolute Gasteiger partial charge is 0.480 e. The number of piperidine rings is 1. The molecule has 1 fully saturated rings. The van der Waals surface area contributed by atoms with Crippen molar-refractivity contribution < 1.29 is 14.7 Å². The van der Waals surface area contributed by atoms with Gasteiger partial charge in [0.05, 0.1) is 22.5 Å². The second-order valence-corrected chi connectivity index (χ2v) is 13.0. The molecule has 230 valence electrons. The van der Waals surface area contributed by atoms with Crippen LogP contribution in [0.1, 0.15) is 74.1 Å². The van der Waals surface area contributed by atoms with Crippen LogP contribution in [0.2, 0.25) is 5.02 Å². The van der Waals surface area contributed by atoms with E-state index < -0.39 is 12.0 Å². The van der Waals surface area contributed by atoms with Crippen LogP contribution in [0.15, 0.2) is 58.7 Å². The number of carboxylic acids is 1. The molecule has 3 heterocycles. The van der Waals surface area contributed by atoms with Gasteiger partial charge in [0, 0.05) is 28.2 Å². The monoisotopic (exact) mass is 631 g/mol. The first kappa shape index (κ1) is 31.7. The minimum Gasteiger partial charge on any atom is -0.480 e. The first-order valence-electron chi connectivity index (χ1n) is 15.3. The number of aliphatic carboxylic acids is 1. The summed E-state index contributed by atoms with van der Waals surface area (Å²) in [5, 5.41) is 13.0. The van der Waals surface area contributed by atoms with E-state index in [1.807, 2.05) is 35.7 Å². The van der Waals surface area contributed by atoms with Gasteiger partial charge < -0.3 is 10.0 Å². The highest BCUT2D eigenvalue weighted by molar-refractivity contribution is 7.13. The Bertz CT molecular complexity index is 1720. The molecule has 5 rings (SSSR count). The zero-order valence-electron chi connectivity index (χ0n) is 25.6. The Balaban J connectivity index is 1.82. The molecule has 7 nitrogen and oxygen atoms in total. The maximum absolute atomic E-state index is 14.7. The fraction of sp³-hybridized carbons (Fsp3) is 0.371. The van der Waals surface area contributed by atoms with Crippen LogP contribution in [-0.4, -0.2) is 44.0 Å². The average molecular weight is 632 g/mol. The topological polar surface area (TPSA) is 92.5 Å². The number of likely N-dealkylation sites (tertiary alicyclic amines) is 1. The molecule has 1 amide bonds. The number of pyridine rings is 1. The van der Waals surface area contributed by atoms with Gasteiger partial charge in [-0.15, -0.1) is 11.3 Å². The number of nitrogens with zero attached hydrogens (tertiary/aromatic N) is 3. The second kappa shape index (κ2) is 13.5. The van der Waals surface area contributed by atoms with E-state index >= 15 is 0 Å². The molecule has 4 aromatic rings. The summed E-state index contributed by atoms with van der Waals surface area (Å²) >= 11 is 7.45. The predicted octanol–water partition coefficient (Wildman–Crippen LogP) is 7.68. The van der Waals surface area contributed by atoms with Gasteiger partial charge in [0.2, 0.25) is 0 Å². The molecule has 0 aliphatic carbocycles. The number of halogens is 1. The lowest BCUT2D eigenvalue weighted by Crippen LogP contribution is -2.48. The van der Waals surface area contributed by atoms with Crippen molar-refractivity contribution in [2.45, 2.75) is 72.3 Å². The SMILES string of the molecule is CCc1cccc(CC)c1-n1c(CC(C)C)c(C(=O)N2CCCCC2C(=O)O)cc(-c2nc(-c3ccc(Cl)cc3)cs2)c1=O. The van der Waals surface area contributed by atoms with Gasteiger partial charge in [-0.25, -0.2) is 9.78 Å². The molecule has 9 heteroatoms. The van der Waals surface area contributed by atoms with E-state index in [2.05, 4.69) is 27.7 Å². The van der Waals surface area contributed by atoms with Crippen molar-refractivity contribution >= 4 is 34.8 Å². The summed E-state index contributed by atoms with van der Waals surface area (Å²) in [4.78, 5) is 47.8. The maximum atomic E-state index is 14.7. The highest BCUT2D eigenvalue weighted by Gasteiger charge is 2.35. The third-order valence-electron chi connectivity index (χ3n) is 8.25. The minimum absolute atomic E-state index is 0.130. The summed E-state index contributed by atoms with van der Waals surface area (Å²) in [6.45, 7) is 8.60. The molecule has 1 unspecified atom stereocenters. The fourth-order valence-corrected chi connectivity index (χ4v) is 7.02. The molecule has 0 bridgehead atoms. The summed E-state index contributed by atoms with van der Waals surface area (Å²) in [5.74, 6) is -1.23. The van der Waals surface area contributed by atoms with Gasteiger partial charge >= 0.3 is 5.97 Å². The van der Waals surface area contributed by atoms with Gasteiger partial charge in [0.25, 0.3) is 11.5 Å². The van der Waals surface area contributed by atoms with Gasteiger partial charge in [-0.05, 0) is 73.8 Å². The smallest absolute Gasteiger partial charge is 0.326 e. The lowest BCUT2D eigenvalue weighted by Gasteiger charge is -2.34. The molecule has 2 aromatic heterocycles. The highest BCUT2D eigenvalue weighted by atomic mass is 35.5. The van der Waals surface area contributed by atoms with Crippen LogP contribution in [0.4, 0.5) is 0 Å². The normalized spacial score (nSPS) is 15.1. The van der Waals surface area contributed by atoms with Gasteiger partial charge in [0.1, 0.15) is 11.0 Å². The number of benzene rings is 2. The Morgan fingerprint density at radius 2 is 1.75 bits per heavy atom. The maximum Gasteiger partial charge on any atom is 0.326 e. The van der Waals surface area contributed by atoms with E-state index in [0.29, 0.717) is 64.8 Å². The average Bonchev–Trinajstić information content (AvgIpc) is 3.51. The number of thiazole rings is 1. The van der Waals surface area contributed by atoms with E-state index in [1.165, 1.54) is 16.2 Å². The lowest BCUT2D eigenvalue weighted by atomic mass is 9.95. The number of aromatic nitrogens is 2. The van der Waals surface area contributed by atoms with Crippen LogP contribution < -0.4 is 5.56 Å². The Morgan fingerprint density at radius 1 is 1.07 bits per heavy atom. The molecule has 1 aliphatic heterocycles. The van der Waals surface area contributed by atoms with E-state index in [9.17, 15) is 19.5 Å². The van der Waals surface area contributed by atoms with Crippen molar-refractivity contribution in [2.24, 2.45) is 5.92 Å². The van der Waals surface area contributed by atoms with Gasteiger partial charge in [-0.1, -0.05) is 69.6 Å². The number of hydrogen-bond donors (Lipinski definition) is 1. The molecule has 2 aromatic carbocycles. The fourth-order valence-electron chi connectivity index (χ4n) is 6.05. The van der Waals surface area contributed by atoms with Crippen LogP contribution in [0.3, 0.4) is 0 Å². The summed E-state index contributed by atoms with van der Waals surface area (Å²) in [6.07, 6.45) is 3.77. The molecule has 44 heavy (non-hydrogen) atoms. The van der Waals surface area contributed by atoms with Gasteiger partial charge in [0.15, 0.2) is 0 Å². The Morgan fingerprint density at radius 3 is 2.36 bits per heavy atom. The third kappa shape index (κ3) is 6.24. The zero-order chi connectivity index (χ0) is 31.5. The summed E-state index contributed by atoms with van der Waals surface area (Å²) < 4.78 is 1.74. The van der Waals surface area contributed by atoms with Crippen molar-refractivity contribution in [3.63, 3.8) is 0 Å². The Hall–Kier alpha value is -3.75. The number of para-hydroxylation sites is 1. The van der Waals surface area contributed by atoms with E-state index in [-0.39, 0.29) is 17.4 Å². The van der Waals surface area contributed by atoms with Crippen LogP contribution in [0.25, 0.3) is 27.5 Å². The van der Waals surface area contributed by atoms with Crippen molar-refractivity contribution in [1.82, 2.24) is 14.5 Å². The minimum atomic E-state index is -1.01. The van der Waals surface area contributed by atoms with Crippen molar-refractivity contribution in [3.8, 4) is 27.5 Å². The number of aryl methyl sites for hydroxylation is 2. The molecule has 1 saturated heterocycles. The summed E-state index contributed by atoms with van der Waals surface area (Å²) in [6, 6.07) is 14.2. The van der Waals surface area contributed by atoms with E-state index in [4.69, 9.17) is 16.6 Å². The van der Waals surface area contributed by atoms with Crippen LogP contribution >= 0.6 is 22.9 Å². The number of hydrogen-bond acceptors (Lipinski definition) is 5. The molecule has 1 atom stereocenters. The van der Waals surface area contributed by atoms with Gasteiger partial charge in [-0.2, -0.15) is 0 Å². The zero-order valence-corrected chi connectivity index (χ0v) is 27.2. The third-order valence-corrected chi connectivity index (χ3v) is 9.37. The van der Waals surface area contributed by atoms with Crippen LogP contribution in [-0.2, 0) is 24.1 Å². The van der Waals surface area contributed by atoms with Crippen molar-refractivity contribution in [3.05, 3.63) is 91.7 Å². The molecule has 0 saturated carbocycles. The van der Waals surface area contributed by atoms with Crippen molar-refractivity contribution in [1.29, 1.82) is 0 Å². The first-order valence-corrected chi connectivity index (χ1v) is 16.6. The summed E-state index contributed by atoms with van der Waals surface area (Å²) in [7, 11) is 0. The van der Waals surface area contributed by atoms with Crippen molar-refractivity contribution in [2.75, 3.05) is 6.54 Å². The molecule has 0 radical (unpaired) electrons. The van der Waals surface area contributed by atoms with E-state index in [0.717, 1.165) is 35.2 Å². The summed E-state index contributed by atoms with van der Waals surface area (Å²) in [5.41, 5.74) is 5.45. The number of carbonyl (C=O) groups excluding carboxylic acids is 1. The predicted molar refractivity (Wildman–Crippen MR) is 177 cm³/mol. The number of rotatable bonds is 9. The quantitative estimate of drug-likeness (QED) is 0.204. The number of carbonyl (C=O) groups is 2. The van der Waals surface area contributed by atoms with Crippen LogP contribution in [0, 0.1) is 5.92 Å².